The summed E-state index contributed by atoms with van der Waals surface area (Å²) in [6.45, 7) is 5.90. The van der Waals surface area contributed by atoms with Crippen molar-refractivity contribution in [2.75, 3.05) is 72.8 Å². The zero-order valence-corrected chi connectivity index (χ0v) is 13.3. The lowest BCUT2D eigenvalue weighted by atomic mass is 10.2. The first-order valence-electron chi connectivity index (χ1n) is 7.41. The summed E-state index contributed by atoms with van der Waals surface area (Å²) in [5.74, 6) is 5.92. The molecular weight excluding hydrogens is 276 g/mol. The molecule has 0 aliphatic rings. The Hall–Kier alpha value is -0.320. The smallest absolute Gasteiger partial charge is 0.0607 e. The minimum Gasteiger partial charge on any atom is -0.395 e. The third-order valence-electron chi connectivity index (χ3n) is 2.97. The van der Waals surface area contributed by atoms with E-state index in [4.69, 9.17) is 25.9 Å². The van der Waals surface area contributed by atoms with Gasteiger partial charge in [0.05, 0.1) is 33.0 Å². The summed E-state index contributed by atoms with van der Waals surface area (Å²) in [6.07, 6.45) is 0. The minimum absolute atomic E-state index is 0.00263. The Morgan fingerprint density at radius 1 is 0.952 bits per heavy atom. The predicted octanol–water partition coefficient (Wildman–Crippen LogP) is -2.06. The predicted molar refractivity (Wildman–Crippen MR) is 81.2 cm³/mol. The molecule has 0 spiro atoms. The Labute approximate surface area is 127 Å². The molecule has 8 heteroatoms. The quantitative estimate of drug-likeness (QED) is 0.165. The minimum atomic E-state index is 0.00263. The summed E-state index contributed by atoms with van der Waals surface area (Å²) in [7, 11) is 1.82. The fourth-order valence-electron chi connectivity index (χ4n) is 2.13. The molecule has 0 aromatic heterocycles. The average molecular weight is 308 g/mol. The van der Waals surface area contributed by atoms with Crippen molar-refractivity contribution in [2.24, 2.45) is 11.8 Å². The van der Waals surface area contributed by atoms with Crippen molar-refractivity contribution in [1.82, 2.24) is 15.0 Å². The van der Waals surface area contributed by atoms with E-state index in [1.54, 1.807) is 5.01 Å². The van der Waals surface area contributed by atoms with Crippen LogP contribution in [0.15, 0.2) is 0 Å². The summed E-state index contributed by atoms with van der Waals surface area (Å²) < 4.78 is 5.62. The Balaban J connectivity index is 4.06. The molecule has 0 aromatic carbocycles. The van der Waals surface area contributed by atoms with Gasteiger partial charge in [-0.1, -0.05) is 6.92 Å². The maximum absolute atomic E-state index is 9.11. The van der Waals surface area contributed by atoms with Crippen LogP contribution < -0.4 is 5.84 Å². The van der Waals surface area contributed by atoms with Crippen LogP contribution in [0.4, 0.5) is 0 Å². The number of hydrogen-bond acceptors (Lipinski definition) is 8. The van der Waals surface area contributed by atoms with Crippen molar-refractivity contribution in [3.63, 3.8) is 0 Å². The van der Waals surface area contributed by atoms with Crippen molar-refractivity contribution in [2.45, 2.75) is 6.92 Å². The van der Waals surface area contributed by atoms with Gasteiger partial charge >= 0.3 is 0 Å². The van der Waals surface area contributed by atoms with Crippen LogP contribution in [-0.4, -0.2) is 103 Å². The molecule has 0 aliphatic heterocycles. The van der Waals surface area contributed by atoms with Crippen LogP contribution in [0.3, 0.4) is 0 Å². The maximum Gasteiger partial charge on any atom is 0.0607 e. The highest BCUT2D eigenvalue weighted by Crippen LogP contribution is 2.00. The van der Waals surface area contributed by atoms with Crippen LogP contribution in [0.5, 0.6) is 0 Å². The number of hydrogen-bond donors (Lipinski definition) is 4. The molecule has 1 unspecified atom stereocenters. The standard InChI is InChI=1S/C13H32N4O4/c1-13(11-15(2)14)12-21-10-6-17(5-9-20)16(3-7-18)4-8-19/h13,18-20H,3-12,14H2,1-2H3. The van der Waals surface area contributed by atoms with Crippen LogP contribution >= 0.6 is 0 Å². The van der Waals surface area contributed by atoms with Crippen molar-refractivity contribution in [1.29, 1.82) is 0 Å². The summed E-state index contributed by atoms with van der Waals surface area (Å²) in [5.41, 5.74) is 0. The number of hydrazine groups is 2. The van der Waals surface area contributed by atoms with Crippen LogP contribution in [0.1, 0.15) is 6.92 Å². The van der Waals surface area contributed by atoms with E-state index in [0.29, 0.717) is 45.3 Å². The van der Waals surface area contributed by atoms with E-state index in [2.05, 4.69) is 6.92 Å². The Kier molecular flexibility index (Phi) is 13.1. The first-order chi connectivity index (χ1) is 10.0. The molecule has 1 atom stereocenters. The Morgan fingerprint density at radius 3 is 1.86 bits per heavy atom. The highest BCUT2D eigenvalue weighted by molar-refractivity contribution is 4.59. The fraction of sp³-hybridized carbons (Fsp3) is 1.00. The Bertz CT molecular complexity index is 228. The van der Waals surface area contributed by atoms with Gasteiger partial charge in [-0.2, -0.15) is 0 Å². The molecule has 8 nitrogen and oxygen atoms in total. The van der Waals surface area contributed by atoms with Crippen LogP contribution in [0, 0.1) is 5.92 Å². The van der Waals surface area contributed by atoms with Gasteiger partial charge in [-0.3, -0.25) is 5.84 Å². The van der Waals surface area contributed by atoms with E-state index < -0.39 is 0 Å². The van der Waals surface area contributed by atoms with Crippen molar-refractivity contribution in [3.05, 3.63) is 0 Å². The second-order valence-electron chi connectivity index (χ2n) is 5.20. The zero-order valence-electron chi connectivity index (χ0n) is 13.3. The van der Waals surface area contributed by atoms with Gasteiger partial charge in [-0.25, -0.2) is 15.0 Å². The maximum atomic E-state index is 9.11. The average Bonchev–Trinajstić information content (AvgIpc) is 2.41. The topological polar surface area (TPSA) is 106 Å². The van der Waals surface area contributed by atoms with E-state index in [-0.39, 0.29) is 19.8 Å². The van der Waals surface area contributed by atoms with Crippen LogP contribution in [-0.2, 0) is 4.74 Å². The van der Waals surface area contributed by atoms with Gasteiger partial charge < -0.3 is 20.1 Å². The molecule has 0 saturated carbocycles. The lowest BCUT2D eigenvalue weighted by Crippen LogP contribution is -2.48. The van der Waals surface area contributed by atoms with Gasteiger partial charge in [0.15, 0.2) is 0 Å². The van der Waals surface area contributed by atoms with Gasteiger partial charge in [0.25, 0.3) is 0 Å². The molecule has 0 heterocycles. The van der Waals surface area contributed by atoms with Gasteiger partial charge in [-0.05, 0) is 5.92 Å². The molecule has 0 rings (SSSR count). The van der Waals surface area contributed by atoms with Gasteiger partial charge in [0.2, 0.25) is 0 Å². The number of ether oxygens (including phenoxy) is 1. The highest BCUT2D eigenvalue weighted by Gasteiger charge is 2.14. The second-order valence-corrected chi connectivity index (χ2v) is 5.20. The molecule has 0 radical (unpaired) electrons. The normalized spacial score (nSPS) is 13.6. The molecule has 0 amide bonds. The molecule has 0 fully saturated rings. The van der Waals surface area contributed by atoms with Crippen LogP contribution in [0.25, 0.3) is 0 Å². The van der Waals surface area contributed by atoms with E-state index in [0.717, 1.165) is 6.54 Å². The third kappa shape index (κ3) is 11.0. The van der Waals surface area contributed by atoms with Gasteiger partial charge in [-0.15, -0.1) is 0 Å². The van der Waals surface area contributed by atoms with Crippen molar-refractivity contribution in [3.8, 4) is 0 Å². The summed E-state index contributed by atoms with van der Waals surface area (Å²) in [6, 6.07) is 0. The van der Waals surface area contributed by atoms with Gasteiger partial charge in [0.1, 0.15) is 0 Å². The SMILES string of the molecule is CC(COCCN(CCO)N(CCO)CCO)CN(C)N. The summed E-state index contributed by atoms with van der Waals surface area (Å²) in [5, 5.41) is 32.6. The zero-order chi connectivity index (χ0) is 16.1. The lowest BCUT2D eigenvalue weighted by Gasteiger charge is -2.33. The largest absolute Gasteiger partial charge is 0.395 e. The first kappa shape index (κ1) is 20.7. The number of rotatable bonds is 14. The fourth-order valence-corrected chi connectivity index (χ4v) is 2.13. The number of nitrogens with two attached hydrogens (primary N) is 1. The number of nitrogens with zero attached hydrogens (tertiary/aromatic N) is 3. The van der Waals surface area contributed by atoms with Crippen molar-refractivity contribution < 1.29 is 20.1 Å². The first-order valence-corrected chi connectivity index (χ1v) is 7.41. The molecule has 5 N–H and O–H groups in total. The molecular formula is C13H32N4O4. The van der Waals surface area contributed by atoms with E-state index in [9.17, 15) is 0 Å². The van der Waals surface area contributed by atoms with Crippen LogP contribution in [0.2, 0.25) is 0 Å². The summed E-state index contributed by atoms with van der Waals surface area (Å²) in [4.78, 5) is 0. The molecule has 0 aliphatic carbocycles. The molecule has 128 valence electrons. The van der Waals surface area contributed by atoms with E-state index in [1.165, 1.54) is 0 Å². The van der Waals surface area contributed by atoms with E-state index in [1.807, 2.05) is 17.1 Å². The monoisotopic (exact) mass is 308 g/mol. The van der Waals surface area contributed by atoms with Gasteiger partial charge in [0, 0.05) is 39.8 Å². The lowest BCUT2D eigenvalue weighted by molar-refractivity contribution is -0.0685. The number of aliphatic hydroxyl groups is 3. The van der Waals surface area contributed by atoms with E-state index >= 15 is 0 Å². The molecule has 0 bridgehead atoms. The van der Waals surface area contributed by atoms with Crippen molar-refractivity contribution >= 4 is 0 Å². The molecule has 0 saturated heterocycles. The highest BCUT2D eigenvalue weighted by atomic mass is 16.5. The summed E-state index contributed by atoms with van der Waals surface area (Å²) >= 11 is 0. The molecule has 21 heavy (non-hydrogen) atoms. The second kappa shape index (κ2) is 13.4. The number of aliphatic hydroxyl groups excluding tert-OH is 3. The molecule has 0 aromatic rings. The Morgan fingerprint density at radius 2 is 1.43 bits per heavy atom. The third-order valence-corrected chi connectivity index (χ3v) is 2.97.